The Morgan fingerprint density at radius 3 is 2.29 bits per heavy atom. The summed E-state index contributed by atoms with van der Waals surface area (Å²) in [6.45, 7) is 2.70. The van der Waals surface area contributed by atoms with Gasteiger partial charge in [0.25, 0.3) is 0 Å². The van der Waals surface area contributed by atoms with Crippen LogP contribution in [0.4, 0.5) is 10.5 Å². The zero-order valence-corrected chi connectivity index (χ0v) is 18.5. The van der Waals surface area contributed by atoms with Gasteiger partial charge in [-0.25, -0.2) is 4.79 Å². The van der Waals surface area contributed by atoms with Crippen LogP contribution in [0.5, 0.6) is 11.5 Å². The Morgan fingerprint density at radius 1 is 1.00 bits per heavy atom. The summed E-state index contributed by atoms with van der Waals surface area (Å²) in [4.78, 5) is 29.9. The molecular formula is C23H33N3O5. The van der Waals surface area contributed by atoms with Gasteiger partial charge < -0.3 is 29.3 Å². The molecule has 1 aromatic rings. The molecule has 0 unspecified atom stereocenters. The Labute approximate surface area is 183 Å². The highest BCUT2D eigenvalue weighted by atomic mass is 16.5. The number of methoxy groups -OCH3 is 2. The van der Waals surface area contributed by atoms with Gasteiger partial charge >= 0.3 is 6.03 Å². The Morgan fingerprint density at radius 2 is 1.68 bits per heavy atom. The summed E-state index contributed by atoms with van der Waals surface area (Å²) in [5, 5.41) is 2.95. The molecule has 0 radical (unpaired) electrons. The number of hydrogen-bond acceptors (Lipinski definition) is 5. The first-order valence-electron chi connectivity index (χ1n) is 11.3. The van der Waals surface area contributed by atoms with Crippen molar-refractivity contribution in [1.29, 1.82) is 0 Å². The minimum Gasteiger partial charge on any atom is -0.497 e. The van der Waals surface area contributed by atoms with E-state index in [-0.39, 0.29) is 24.0 Å². The van der Waals surface area contributed by atoms with Gasteiger partial charge in [-0.15, -0.1) is 0 Å². The molecule has 170 valence electrons. The van der Waals surface area contributed by atoms with Crippen LogP contribution in [-0.4, -0.2) is 74.3 Å². The highest BCUT2D eigenvalue weighted by Crippen LogP contribution is 2.35. The molecule has 2 aliphatic heterocycles. The largest absolute Gasteiger partial charge is 0.497 e. The number of nitrogens with one attached hydrogen (secondary N) is 1. The van der Waals surface area contributed by atoms with Crippen LogP contribution in [0.25, 0.3) is 0 Å². The summed E-state index contributed by atoms with van der Waals surface area (Å²) in [5.74, 6) is 1.77. The molecule has 1 N–H and O–H groups in total. The number of carbonyl (C=O) groups excluding carboxylic acids is 2. The van der Waals surface area contributed by atoms with Crippen molar-refractivity contribution in [1.82, 2.24) is 9.80 Å². The molecule has 4 rings (SSSR count). The minimum atomic E-state index is -0.156. The average Bonchev–Trinajstić information content (AvgIpc) is 3.66. The molecule has 3 amide bonds. The molecular weight excluding hydrogens is 398 g/mol. The molecule has 2 saturated heterocycles. The number of likely N-dealkylation sites (tertiary alicyclic amines) is 1. The Bertz CT molecular complexity index is 783. The van der Waals surface area contributed by atoms with Crippen molar-refractivity contribution in [3.05, 3.63) is 18.2 Å². The van der Waals surface area contributed by atoms with Crippen molar-refractivity contribution in [2.45, 2.75) is 50.6 Å². The zero-order chi connectivity index (χ0) is 21.8. The normalized spacial score (nSPS) is 20.3. The van der Waals surface area contributed by atoms with Crippen molar-refractivity contribution in [3.63, 3.8) is 0 Å². The molecule has 0 spiro atoms. The monoisotopic (exact) mass is 431 g/mol. The Hall–Kier alpha value is -2.48. The lowest BCUT2D eigenvalue weighted by molar-refractivity contribution is -0.141. The third kappa shape index (κ3) is 5.06. The number of piperidine rings is 1. The predicted octanol–water partition coefficient (Wildman–Crippen LogP) is 3.12. The van der Waals surface area contributed by atoms with Crippen LogP contribution in [0.2, 0.25) is 0 Å². The van der Waals surface area contributed by atoms with Crippen molar-refractivity contribution in [2.75, 3.05) is 45.8 Å². The van der Waals surface area contributed by atoms with Crippen molar-refractivity contribution < 1.29 is 23.8 Å². The zero-order valence-electron chi connectivity index (χ0n) is 18.5. The number of rotatable bonds is 6. The summed E-state index contributed by atoms with van der Waals surface area (Å²) in [7, 11) is 3.16. The number of amides is 3. The fourth-order valence-corrected chi connectivity index (χ4v) is 4.62. The van der Waals surface area contributed by atoms with E-state index in [2.05, 4.69) is 10.2 Å². The number of ether oxygens (including phenoxy) is 3. The van der Waals surface area contributed by atoms with E-state index in [1.165, 1.54) is 0 Å². The first kappa shape index (κ1) is 21.7. The molecule has 3 aliphatic rings. The number of benzene rings is 1. The summed E-state index contributed by atoms with van der Waals surface area (Å²) in [6, 6.07) is 5.64. The summed E-state index contributed by atoms with van der Waals surface area (Å²) < 4.78 is 16.1. The van der Waals surface area contributed by atoms with Crippen molar-refractivity contribution in [3.8, 4) is 11.5 Å². The van der Waals surface area contributed by atoms with Gasteiger partial charge in [-0.05, 0) is 50.7 Å². The predicted molar refractivity (Wildman–Crippen MR) is 117 cm³/mol. The lowest BCUT2D eigenvalue weighted by Crippen LogP contribution is -2.54. The second-order valence-corrected chi connectivity index (χ2v) is 8.58. The maximum Gasteiger partial charge on any atom is 0.321 e. The molecule has 3 fully saturated rings. The van der Waals surface area contributed by atoms with Gasteiger partial charge in [0, 0.05) is 50.4 Å². The van der Waals surface area contributed by atoms with Gasteiger partial charge in [-0.1, -0.05) is 0 Å². The van der Waals surface area contributed by atoms with E-state index < -0.39 is 0 Å². The molecule has 2 heterocycles. The Kier molecular flexibility index (Phi) is 6.85. The van der Waals surface area contributed by atoms with E-state index in [4.69, 9.17) is 14.2 Å². The van der Waals surface area contributed by atoms with Gasteiger partial charge in [0.1, 0.15) is 11.5 Å². The van der Waals surface area contributed by atoms with Crippen LogP contribution in [0.1, 0.15) is 38.5 Å². The van der Waals surface area contributed by atoms with Crippen LogP contribution >= 0.6 is 0 Å². The van der Waals surface area contributed by atoms with Gasteiger partial charge in [-0.2, -0.15) is 0 Å². The molecule has 8 heteroatoms. The number of carbonyl (C=O) groups is 2. The third-order valence-electron chi connectivity index (χ3n) is 6.56. The molecule has 8 nitrogen and oxygen atoms in total. The summed E-state index contributed by atoms with van der Waals surface area (Å²) in [5.41, 5.74) is 0.585. The molecule has 1 saturated carbocycles. The molecule has 0 aromatic heterocycles. The van der Waals surface area contributed by atoms with Crippen LogP contribution in [0.15, 0.2) is 18.2 Å². The second kappa shape index (κ2) is 9.77. The van der Waals surface area contributed by atoms with Crippen molar-refractivity contribution in [2.24, 2.45) is 5.92 Å². The highest BCUT2D eigenvalue weighted by Gasteiger charge is 2.41. The molecule has 1 aromatic carbocycles. The van der Waals surface area contributed by atoms with E-state index in [1.807, 2.05) is 4.90 Å². The van der Waals surface area contributed by atoms with E-state index in [0.29, 0.717) is 36.2 Å². The third-order valence-corrected chi connectivity index (χ3v) is 6.56. The smallest absolute Gasteiger partial charge is 0.321 e. The summed E-state index contributed by atoms with van der Waals surface area (Å²) >= 11 is 0. The van der Waals surface area contributed by atoms with Gasteiger partial charge in [0.05, 0.1) is 19.9 Å². The number of nitrogens with zero attached hydrogens (tertiary/aromatic N) is 2. The lowest BCUT2D eigenvalue weighted by Gasteiger charge is -2.43. The first-order chi connectivity index (χ1) is 15.1. The average molecular weight is 432 g/mol. The van der Waals surface area contributed by atoms with Crippen molar-refractivity contribution >= 4 is 17.6 Å². The van der Waals surface area contributed by atoms with Crippen LogP contribution < -0.4 is 14.8 Å². The van der Waals surface area contributed by atoms with E-state index in [1.54, 1.807) is 32.4 Å². The first-order valence-corrected chi connectivity index (χ1v) is 11.3. The lowest BCUT2D eigenvalue weighted by atomic mass is 9.97. The van der Waals surface area contributed by atoms with E-state index in [0.717, 1.165) is 51.7 Å². The van der Waals surface area contributed by atoms with Crippen LogP contribution in [-0.2, 0) is 9.53 Å². The minimum absolute atomic E-state index is 0.156. The second-order valence-electron chi connectivity index (χ2n) is 8.58. The van der Waals surface area contributed by atoms with Crippen LogP contribution in [0.3, 0.4) is 0 Å². The highest BCUT2D eigenvalue weighted by molar-refractivity contribution is 5.91. The molecule has 31 heavy (non-hydrogen) atoms. The maximum absolute atomic E-state index is 13.1. The van der Waals surface area contributed by atoms with Gasteiger partial charge in [0.15, 0.2) is 0 Å². The molecule has 0 atom stereocenters. The standard InChI is InChI=1S/C23H33N3O5/c1-29-19-5-6-21(30-2)20(15-19)24-23(28)25-11-7-17(8-12-25)26(22(27)16-3-4-16)18-9-13-31-14-10-18/h5-6,15-18H,3-4,7-14H2,1-2H3,(H,24,28). The summed E-state index contributed by atoms with van der Waals surface area (Å²) in [6.07, 6.45) is 5.46. The number of anilines is 1. The Balaban J connectivity index is 1.38. The SMILES string of the molecule is COc1ccc(OC)c(NC(=O)N2CCC(N(C(=O)C3CC3)C3CCOCC3)CC2)c1. The quantitative estimate of drug-likeness (QED) is 0.749. The number of hydrogen-bond donors (Lipinski definition) is 1. The van der Waals surface area contributed by atoms with Gasteiger partial charge in [-0.3, -0.25) is 4.79 Å². The van der Waals surface area contributed by atoms with Crippen LogP contribution in [0, 0.1) is 5.92 Å². The van der Waals surface area contributed by atoms with Gasteiger partial charge in [0.2, 0.25) is 5.91 Å². The number of urea groups is 1. The fraction of sp³-hybridized carbons (Fsp3) is 0.652. The topological polar surface area (TPSA) is 80.3 Å². The maximum atomic E-state index is 13.1. The molecule has 1 aliphatic carbocycles. The fourth-order valence-electron chi connectivity index (χ4n) is 4.62. The van der Waals surface area contributed by atoms with E-state index in [9.17, 15) is 9.59 Å². The van der Waals surface area contributed by atoms with E-state index >= 15 is 0 Å². The molecule has 0 bridgehead atoms.